The zero-order chi connectivity index (χ0) is 21.6. The van der Waals surface area contributed by atoms with Crippen molar-refractivity contribution in [3.63, 3.8) is 0 Å². The first-order valence-corrected chi connectivity index (χ1v) is 9.87. The van der Waals surface area contributed by atoms with Crippen molar-refractivity contribution in [2.24, 2.45) is 0 Å². The van der Waals surface area contributed by atoms with E-state index in [1.807, 2.05) is 0 Å². The first kappa shape index (κ1) is 20.1. The molecule has 1 aromatic heterocycles. The first-order chi connectivity index (χ1) is 15.1. The van der Waals surface area contributed by atoms with Crippen LogP contribution in [0.15, 0.2) is 73.1 Å². The average molecular weight is 415 g/mol. The summed E-state index contributed by atoms with van der Waals surface area (Å²) in [6.45, 7) is 0. The number of nitrogens with zero attached hydrogens (tertiary/aromatic N) is 1. The lowest BCUT2D eigenvalue weighted by Gasteiger charge is -2.10. The molecule has 4 amide bonds. The minimum absolute atomic E-state index is 0.245. The normalized spacial score (nSPS) is 12.5. The van der Waals surface area contributed by atoms with Gasteiger partial charge >= 0.3 is 6.03 Å². The number of amides is 4. The molecular formula is C23H21N5O3. The van der Waals surface area contributed by atoms with Crippen LogP contribution in [-0.2, 0) is 0 Å². The molecule has 8 nitrogen and oxygen atoms in total. The topological polar surface area (TPSA) is 112 Å². The summed E-state index contributed by atoms with van der Waals surface area (Å²) in [5, 5.41) is 11.2. The number of aromatic nitrogens is 1. The number of anilines is 3. The molecule has 1 aliphatic rings. The molecule has 1 fully saturated rings. The quantitative estimate of drug-likeness (QED) is 0.490. The summed E-state index contributed by atoms with van der Waals surface area (Å²) < 4.78 is 0. The zero-order valence-corrected chi connectivity index (χ0v) is 16.6. The Labute approximate surface area is 179 Å². The van der Waals surface area contributed by atoms with Crippen LogP contribution in [0.3, 0.4) is 0 Å². The number of carbonyl (C=O) groups excluding carboxylic acids is 3. The number of carbonyl (C=O) groups is 3. The summed E-state index contributed by atoms with van der Waals surface area (Å²) in [6.07, 6.45) is 5.13. The molecule has 1 aliphatic carbocycles. The average Bonchev–Trinajstić information content (AvgIpc) is 3.59. The van der Waals surface area contributed by atoms with E-state index in [1.165, 1.54) is 0 Å². The van der Waals surface area contributed by atoms with E-state index in [4.69, 9.17) is 0 Å². The van der Waals surface area contributed by atoms with Gasteiger partial charge in [-0.3, -0.25) is 14.6 Å². The number of hydrogen-bond donors (Lipinski definition) is 4. The van der Waals surface area contributed by atoms with Crippen LogP contribution in [-0.4, -0.2) is 28.9 Å². The van der Waals surface area contributed by atoms with Gasteiger partial charge in [0.1, 0.15) is 0 Å². The lowest BCUT2D eigenvalue weighted by Crippen LogP contribution is -2.30. The lowest BCUT2D eigenvalue weighted by atomic mass is 10.2. The summed E-state index contributed by atoms with van der Waals surface area (Å²) in [5.41, 5.74) is 2.64. The van der Waals surface area contributed by atoms with Crippen molar-refractivity contribution in [1.82, 2.24) is 10.3 Å². The maximum atomic E-state index is 12.6. The van der Waals surface area contributed by atoms with Gasteiger partial charge in [-0.1, -0.05) is 6.07 Å². The standard InChI is InChI=1S/C23H21N5O3/c29-21(15-4-6-17(7-5-15)27-23(31)28-18-8-9-18)25-19-2-1-3-20(14-19)26-22(30)16-10-12-24-13-11-16/h1-7,10-14,18H,8-9H2,(H,25,29)(H,26,30)(H2,27,28,31). The minimum Gasteiger partial charge on any atom is -0.335 e. The molecule has 4 N–H and O–H groups in total. The summed E-state index contributed by atoms with van der Waals surface area (Å²) in [4.78, 5) is 40.5. The number of nitrogens with one attached hydrogen (secondary N) is 4. The van der Waals surface area contributed by atoms with E-state index in [1.54, 1.807) is 73.1 Å². The molecule has 156 valence electrons. The van der Waals surface area contributed by atoms with Crippen LogP contribution in [0.1, 0.15) is 33.6 Å². The van der Waals surface area contributed by atoms with Gasteiger partial charge in [0, 0.05) is 46.6 Å². The Hall–Kier alpha value is -4.20. The van der Waals surface area contributed by atoms with Gasteiger partial charge in [-0.05, 0) is 67.4 Å². The third-order valence-corrected chi connectivity index (χ3v) is 4.64. The van der Waals surface area contributed by atoms with E-state index in [2.05, 4.69) is 26.3 Å². The second-order valence-corrected chi connectivity index (χ2v) is 7.18. The van der Waals surface area contributed by atoms with Crippen LogP contribution < -0.4 is 21.3 Å². The van der Waals surface area contributed by atoms with Crippen molar-refractivity contribution in [1.29, 1.82) is 0 Å². The summed E-state index contributed by atoms with van der Waals surface area (Å²) in [6, 6.07) is 16.8. The van der Waals surface area contributed by atoms with Gasteiger partial charge in [0.05, 0.1) is 0 Å². The van der Waals surface area contributed by atoms with Crippen LogP contribution in [0.25, 0.3) is 0 Å². The van der Waals surface area contributed by atoms with Gasteiger partial charge < -0.3 is 21.3 Å². The van der Waals surface area contributed by atoms with Gasteiger partial charge in [-0.2, -0.15) is 0 Å². The van der Waals surface area contributed by atoms with Crippen molar-refractivity contribution >= 4 is 34.9 Å². The van der Waals surface area contributed by atoms with Gasteiger partial charge in [-0.15, -0.1) is 0 Å². The molecule has 1 heterocycles. The smallest absolute Gasteiger partial charge is 0.319 e. The molecule has 0 saturated heterocycles. The van der Waals surface area contributed by atoms with Crippen LogP contribution in [0.2, 0.25) is 0 Å². The van der Waals surface area contributed by atoms with E-state index in [9.17, 15) is 14.4 Å². The highest BCUT2D eigenvalue weighted by atomic mass is 16.2. The van der Waals surface area contributed by atoms with Crippen molar-refractivity contribution in [2.45, 2.75) is 18.9 Å². The fourth-order valence-electron chi connectivity index (χ4n) is 2.87. The second-order valence-electron chi connectivity index (χ2n) is 7.18. The largest absolute Gasteiger partial charge is 0.335 e. The second kappa shape index (κ2) is 9.08. The molecule has 31 heavy (non-hydrogen) atoms. The Balaban J connectivity index is 1.35. The molecule has 0 radical (unpaired) electrons. The van der Waals surface area contributed by atoms with Crippen LogP contribution >= 0.6 is 0 Å². The molecule has 2 aromatic carbocycles. The maximum absolute atomic E-state index is 12.6. The van der Waals surface area contributed by atoms with Gasteiger partial charge in [0.15, 0.2) is 0 Å². The Morgan fingerprint density at radius 2 is 1.29 bits per heavy atom. The molecule has 1 saturated carbocycles. The third kappa shape index (κ3) is 5.66. The van der Waals surface area contributed by atoms with E-state index in [-0.39, 0.29) is 23.9 Å². The van der Waals surface area contributed by atoms with Crippen LogP contribution in [0.5, 0.6) is 0 Å². The molecule has 4 rings (SSSR count). The number of hydrogen-bond acceptors (Lipinski definition) is 4. The molecule has 8 heteroatoms. The molecular weight excluding hydrogens is 394 g/mol. The van der Waals surface area contributed by atoms with Crippen LogP contribution in [0, 0.1) is 0 Å². The van der Waals surface area contributed by atoms with Gasteiger partial charge in [0.2, 0.25) is 0 Å². The fraction of sp³-hybridized carbons (Fsp3) is 0.130. The highest BCUT2D eigenvalue weighted by Crippen LogP contribution is 2.20. The summed E-state index contributed by atoms with van der Waals surface area (Å²) in [5.74, 6) is -0.564. The molecule has 0 spiro atoms. The van der Waals surface area contributed by atoms with Gasteiger partial charge in [-0.25, -0.2) is 4.79 Å². The predicted octanol–water partition coefficient (Wildman–Crippen LogP) is 3.87. The van der Waals surface area contributed by atoms with E-state index < -0.39 is 0 Å². The lowest BCUT2D eigenvalue weighted by molar-refractivity contribution is 0.101. The Bertz CT molecular complexity index is 1100. The molecule has 0 atom stereocenters. The third-order valence-electron chi connectivity index (χ3n) is 4.64. The first-order valence-electron chi connectivity index (χ1n) is 9.87. The monoisotopic (exact) mass is 415 g/mol. The highest BCUT2D eigenvalue weighted by molar-refractivity contribution is 6.06. The Morgan fingerprint density at radius 3 is 1.87 bits per heavy atom. The number of urea groups is 1. The molecule has 0 bridgehead atoms. The number of pyridine rings is 1. The Kier molecular flexibility index (Phi) is 5.89. The van der Waals surface area contributed by atoms with Gasteiger partial charge in [0.25, 0.3) is 11.8 Å². The van der Waals surface area contributed by atoms with E-state index in [0.717, 1.165) is 12.8 Å². The zero-order valence-electron chi connectivity index (χ0n) is 16.6. The Morgan fingerprint density at radius 1 is 0.710 bits per heavy atom. The summed E-state index contributed by atoms with van der Waals surface area (Å²) in [7, 11) is 0. The van der Waals surface area contributed by atoms with E-state index >= 15 is 0 Å². The van der Waals surface area contributed by atoms with Crippen molar-refractivity contribution in [3.8, 4) is 0 Å². The minimum atomic E-state index is -0.299. The predicted molar refractivity (Wildman–Crippen MR) is 118 cm³/mol. The summed E-state index contributed by atoms with van der Waals surface area (Å²) >= 11 is 0. The molecule has 0 aliphatic heterocycles. The maximum Gasteiger partial charge on any atom is 0.319 e. The SMILES string of the molecule is O=C(Nc1ccc(C(=O)Nc2cccc(NC(=O)c3ccncc3)c2)cc1)NC1CC1. The number of benzene rings is 2. The molecule has 3 aromatic rings. The van der Waals surface area contributed by atoms with E-state index in [0.29, 0.717) is 28.2 Å². The molecule has 0 unspecified atom stereocenters. The van der Waals surface area contributed by atoms with Crippen molar-refractivity contribution in [3.05, 3.63) is 84.2 Å². The van der Waals surface area contributed by atoms with Crippen molar-refractivity contribution < 1.29 is 14.4 Å². The fourth-order valence-corrected chi connectivity index (χ4v) is 2.87. The van der Waals surface area contributed by atoms with Crippen molar-refractivity contribution in [2.75, 3.05) is 16.0 Å². The van der Waals surface area contributed by atoms with Crippen LogP contribution in [0.4, 0.5) is 21.9 Å². The highest BCUT2D eigenvalue weighted by Gasteiger charge is 2.23. The number of rotatable bonds is 6.